The van der Waals surface area contributed by atoms with Crippen LogP contribution in [0.5, 0.6) is 17.2 Å². The summed E-state index contributed by atoms with van der Waals surface area (Å²) >= 11 is 3.36. The van der Waals surface area contributed by atoms with Crippen molar-refractivity contribution in [1.29, 1.82) is 5.26 Å². The van der Waals surface area contributed by atoms with Crippen molar-refractivity contribution < 1.29 is 22.1 Å². The number of methoxy groups -OCH3 is 2. The van der Waals surface area contributed by atoms with Crippen LogP contribution >= 0.6 is 15.9 Å². The molecule has 0 aromatic heterocycles. The fourth-order valence-corrected chi connectivity index (χ4v) is 4.49. The highest BCUT2D eigenvalue weighted by Gasteiger charge is 2.22. The summed E-state index contributed by atoms with van der Waals surface area (Å²) in [4.78, 5) is 0.0345. The van der Waals surface area contributed by atoms with E-state index in [0.29, 0.717) is 26.9 Å². The second-order valence-electron chi connectivity index (χ2n) is 6.78. The zero-order valence-electron chi connectivity index (χ0n) is 17.6. The minimum Gasteiger partial charge on any atom is -0.497 e. The highest BCUT2D eigenvalue weighted by Crippen LogP contribution is 2.39. The number of nitriles is 1. The third kappa shape index (κ3) is 5.31. The molecule has 0 aliphatic heterocycles. The molecule has 0 saturated heterocycles. The first-order valence-electron chi connectivity index (χ1n) is 9.42. The molecule has 0 atom stereocenters. The lowest BCUT2D eigenvalue weighted by Gasteiger charge is -2.14. The molecule has 3 aromatic carbocycles. The van der Waals surface area contributed by atoms with Gasteiger partial charge in [0.2, 0.25) is 0 Å². The molecule has 0 fully saturated rings. The highest BCUT2D eigenvalue weighted by atomic mass is 79.9. The SMILES string of the molecule is COc1ccc(/C(C#N)=C/c2cc(Br)c(OS(=O)(=O)c3ccc(C)cc3)c(OC)c2)cc1. The molecular formula is C24H20BrNO5S. The maximum atomic E-state index is 12.7. The van der Waals surface area contributed by atoms with E-state index in [1.807, 2.05) is 6.92 Å². The Morgan fingerprint density at radius 2 is 1.66 bits per heavy atom. The van der Waals surface area contributed by atoms with Crippen molar-refractivity contribution in [3.8, 4) is 23.3 Å². The zero-order valence-corrected chi connectivity index (χ0v) is 20.0. The molecule has 0 amide bonds. The zero-order chi connectivity index (χ0) is 23.3. The molecular weight excluding hydrogens is 494 g/mol. The summed E-state index contributed by atoms with van der Waals surface area (Å²) < 4.78 is 41.7. The Morgan fingerprint density at radius 1 is 1.00 bits per heavy atom. The van der Waals surface area contributed by atoms with Crippen LogP contribution in [0, 0.1) is 18.3 Å². The monoisotopic (exact) mass is 513 g/mol. The number of halogens is 1. The van der Waals surface area contributed by atoms with Gasteiger partial charge in [-0.15, -0.1) is 0 Å². The first kappa shape index (κ1) is 23.4. The molecule has 164 valence electrons. The van der Waals surface area contributed by atoms with Crippen LogP contribution in [0.25, 0.3) is 11.6 Å². The standard InChI is InChI=1S/C24H20BrNO5S/c1-16-4-10-21(11-5-16)32(27,28)31-24-22(25)13-17(14-23(24)30-3)12-19(15-26)18-6-8-20(29-2)9-7-18/h4-14H,1-3H3/b19-12+. The normalized spacial score (nSPS) is 11.5. The van der Waals surface area contributed by atoms with E-state index in [-0.39, 0.29) is 16.4 Å². The maximum Gasteiger partial charge on any atom is 0.339 e. The molecule has 8 heteroatoms. The Balaban J connectivity index is 1.97. The van der Waals surface area contributed by atoms with E-state index in [0.717, 1.165) is 5.56 Å². The van der Waals surface area contributed by atoms with Gasteiger partial charge in [-0.25, -0.2) is 0 Å². The molecule has 0 aliphatic carbocycles. The van der Waals surface area contributed by atoms with Gasteiger partial charge in [0, 0.05) is 0 Å². The van der Waals surface area contributed by atoms with Crippen LogP contribution in [0.2, 0.25) is 0 Å². The maximum absolute atomic E-state index is 12.7. The van der Waals surface area contributed by atoms with Crippen molar-refractivity contribution in [3.05, 3.63) is 81.8 Å². The molecule has 3 aromatic rings. The number of rotatable bonds is 7. The van der Waals surface area contributed by atoms with Gasteiger partial charge in [0.1, 0.15) is 10.6 Å². The van der Waals surface area contributed by atoms with Crippen LogP contribution in [0.4, 0.5) is 0 Å². The largest absolute Gasteiger partial charge is 0.497 e. The number of hydrogen-bond acceptors (Lipinski definition) is 6. The van der Waals surface area contributed by atoms with Crippen molar-refractivity contribution in [2.75, 3.05) is 14.2 Å². The van der Waals surface area contributed by atoms with E-state index in [1.165, 1.54) is 19.2 Å². The van der Waals surface area contributed by atoms with Crippen molar-refractivity contribution in [2.45, 2.75) is 11.8 Å². The summed E-state index contributed by atoms with van der Waals surface area (Å²) in [7, 11) is -1.08. The molecule has 32 heavy (non-hydrogen) atoms. The van der Waals surface area contributed by atoms with E-state index in [9.17, 15) is 13.7 Å². The first-order chi connectivity index (χ1) is 15.3. The van der Waals surface area contributed by atoms with E-state index >= 15 is 0 Å². The smallest absolute Gasteiger partial charge is 0.339 e. The summed E-state index contributed by atoms with van der Waals surface area (Å²) in [5, 5.41) is 9.62. The van der Waals surface area contributed by atoms with Crippen molar-refractivity contribution in [1.82, 2.24) is 0 Å². The van der Waals surface area contributed by atoms with Crippen LogP contribution in [0.1, 0.15) is 16.7 Å². The van der Waals surface area contributed by atoms with Crippen LogP contribution in [0.3, 0.4) is 0 Å². The van der Waals surface area contributed by atoms with Gasteiger partial charge in [-0.1, -0.05) is 17.7 Å². The number of benzene rings is 3. The molecule has 0 heterocycles. The van der Waals surface area contributed by atoms with Crippen molar-refractivity contribution >= 4 is 37.7 Å². The van der Waals surface area contributed by atoms with Crippen LogP contribution in [-0.4, -0.2) is 22.6 Å². The molecule has 0 bridgehead atoms. The number of aryl methyl sites for hydroxylation is 1. The van der Waals surface area contributed by atoms with Crippen LogP contribution in [-0.2, 0) is 10.1 Å². The minimum absolute atomic E-state index is 0.0215. The fourth-order valence-electron chi connectivity index (χ4n) is 2.88. The predicted octanol–water partition coefficient (Wildman–Crippen LogP) is 5.61. The summed E-state index contributed by atoms with van der Waals surface area (Å²) in [5.41, 5.74) is 2.69. The second-order valence-corrected chi connectivity index (χ2v) is 9.18. The average Bonchev–Trinajstić information content (AvgIpc) is 2.79. The Hall–Kier alpha value is -3.28. The molecule has 0 saturated carbocycles. The number of ether oxygens (including phenoxy) is 2. The van der Waals surface area contributed by atoms with Gasteiger partial charge in [-0.3, -0.25) is 0 Å². The quantitative estimate of drug-likeness (QED) is 0.232. The third-order valence-electron chi connectivity index (χ3n) is 4.59. The molecule has 0 unspecified atom stereocenters. The molecule has 0 N–H and O–H groups in total. The minimum atomic E-state index is -4.06. The Labute approximate surface area is 195 Å². The van der Waals surface area contributed by atoms with Crippen molar-refractivity contribution in [3.63, 3.8) is 0 Å². The second kappa shape index (κ2) is 9.90. The van der Waals surface area contributed by atoms with E-state index < -0.39 is 10.1 Å². The van der Waals surface area contributed by atoms with Gasteiger partial charge >= 0.3 is 10.1 Å². The van der Waals surface area contributed by atoms with E-state index in [4.69, 9.17) is 13.7 Å². The Bertz CT molecular complexity index is 1290. The number of nitrogens with zero attached hydrogens (tertiary/aromatic N) is 1. The molecule has 0 aliphatic rings. The first-order valence-corrected chi connectivity index (χ1v) is 11.6. The number of hydrogen-bond donors (Lipinski definition) is 0. The molecule has 6 nitrogen and oxygen atoms in total. The Morgan fingerprint density at radius 3 is 2.22 bits per heavy atom. The lowest BCUT2D eigenvalue weighted by Crippen LogP contribution is -2.11. The number of allylic oxidation sites excluding steroid dienone is 1. The molecule has 0 radical (unpaired) electrons. The fraction of sp³-hybridized carbons (Fsp3) is 0.125. The van der Waals surface area contributed by atoms with Gasteiger partial charge in [0.25, 0.3) is 0 Å². The lowest BCUT2D eigenvalue weighted by atomic mass is 10.0. The lowest BCUT2D eigenvalue weighted by molar-refractivity contribution is 0.389. The van der Waals surface area contributed by atoms with E-state index in [1.54, 1.807) is 61.7 Å². The van der Waals surface area contributed by atoms with Gasteiger partial charge in [0.05, 0.1) is 30.3 Å². The topological polar surface area (TPSA) is 85.6 Å². The summed E-state index contributed by atoms with van der Waals surface area (Å²) in [6, 6.07) is 18.9. The van der Waals surface area contributed by atoms with Crippen molar-refractivity contribution in [2.24, 2.45) is 0 Å². The Kier molecular flexibility index (Phi) is 7.23. The van der Waals surface area contributed by atoms with Gasteiger partial charge < -0.3 is 13.7 Å². The highest BCUT2D eigenvalue weighted by molar-refractivity contribution is 9.10. The van der Waals surface area contributed by atoms with Crippen LogP contribution in [0.15, 0.2) is 70.0 Å². The molecule has 3 rings (SSSR count). The van der Waals surface area contributed by atoms with Gasteiger partial charge in [-0.2, -0.15) is 13.7 Å². The van der Waals surface area contributed by atoms with Crippen LogP contribution < -0.4 is 13.7 Å². The third-order valence-corrected chi connectivity index (χ3v) is 6.41. The molecule has 0 spiro atoms. The summed E-state index contributed by atoms with van der Waals surface area (Å²) in [6.07, 6.45) is 1.67. The van der Waals surface area contributed by atoms with Gasteiger partial charge in [-0.05, 0) is 88.6 Å². The predicted molar refractivity (Wildman–Crippen MR) is 126 cm³/mol. The summed E-state index contributed by atoms with van der Waals surface area (Å²) in [5.74, 6) is 0.910. The average molecular weight is 514 g/mol. The van der Waals surface area contributed by atoms with Gasteiger partial charge in [0.15, 0.2) is 11.5 Å². The van der Waals surface area contributed by atoms with E-state index in [2.05, 4.69) is 22.0 Å². The summed E-state index contributed by atoms with van der Waals surface area (Å²) in [6.45, 7) is 1.87.